The number of ether oxygens (including phenoxy) is 1. The van der Waals surface area contributed by atoms with Crippen LogP contribution in [0.3, 0.4) is 0 Å². The highest BCUT2D eigenvalue weighted by molar-refractivity contribution is 5.98. The number of carbonyl (C=O) groups is 2. The summed E-state index contributed by atoms with van der Waals surface area (Å²) in [5, 5.41) is 3.93. The van der Waals surface area contributed by atoms with Gasteiger partial charge in [-0.05, 0) is 57.4 Å². The van der Waals surface area contributed by atoms with E-state index in [0.717, 1.165) is 35.6 Å². The molecule has 2 aromatic rings. The van der Waals surface area contributed by atoms with Crippen molar-refractivity contribution in [2.75, 3.05) is 20.2 Å². The lowest BCUT2D eigenvalue weighted by Crippen LogP contribution is -2.42. The quantitative estimate of drug-likeness (QED) is 0.729. The molecule has 3 rings (SSSR count). The lowest BCUT2D eigenvalue weighted by atomic mass is 9.89. The molecule has 1 aliphatic heterocycles. The summed E-state index contributed by atoms with van der Waals surface area (Å²) < 4.78 is 10.3. The van der Waals surface area contributed by atoms with E-state index in [4.69, 9.17) is 9.26 Å². The molecule has 0 spiro atoms. The van der Waals surface area contributed by atoms with Crippen molar-refractivity contribution in [2.45, 2.75) is 39.5 Å². The Bertz CT molecular complexity index is 791. The van der Waals surface area contributed by atoms with Crippen molar-refractivity contribution in [1.29, 1.82) is 0 Å². The molecule has 2 heterocycles. The average molecular weight is 370 g/mol. The number of aromatic nitrogens is 1. The molecule has 1 atom stereocenters. The fraction of sp³-hybridized carbons (Fsp3) is 0.476. The van der Waals surface area contributed by atoms with Gasteiger partial charge in [0.15, 0.2) is 5.78 Å². The molecule has 0 bridgehead atoms. The summed E-state index contributed by atoms with van der Waals surface area (Å²) in [5.41, 5.74) is 2.52. The van der Waals surface area contributed by atoms with Gasteiger partial charge in [-0.15, -0.1) is 0 Å². The Kier molecular flexibility index (Phi) is 5.94. The van der Waals surface area contributed by atoms with E-state index in [1.54, 1.807) is 31.4 Å². The SMILES string of the molecule is COc1ccc(C(=O)C2CCCN(C(=O)CCc3c(C)noc3C)C2)cc1. The van der Waals surface area contributed by atoms with Crippen molar-refractivity contribution >= 4 is 11.7 Å². The topological polar surface area (TPSA) is 72.6 Å². The number of carbonyl (C=O) groups excluding carboxylic acids is 2. The van der Waals surface area contributed by atoms with Crippen LogP contribution in [0.4, 0.5) is 0 Å². The normalized spacial score (nSPS) is 17.0. The summed E-state index contributed by atoms with van der Waals surface area (Å²) in [6.45, 7) is 4.96. The monoisotopic (exact) mass is 370 g/mol. The zero-order valence-electron chi connectivity index (χ0n) is 16.2. The summed E-state index contributed by atoms with van der Waals surface area (Å²) in [6.07, 6.45) is 2.70. The first-order valence-corrected chi connectivity index (χ1v) is 9.37. The first-order chi connectivity index (χ1) is 13.0. The third-order valence-corrected chi connectivity index (χ3v) is 5.29. The van der Waals surface area contributed by atoms with Crippen LogP contribution < -0.4 is 4.74 Å². The van der Waals surface area contributed by atoms with Gasteiger partial charge in [0.25, 0.3) is 0 Å². The Hall–Kier alpha value is -2.63. The second-order valence-electron chi connectivity index (χ2n) is 7.07. The number of hydrogen-bond donors (Lipinski definition) is 0. The number of likely N-dealkylation sites (tertiary alicyclic amines) is 1. The number of nitrogens with zero attached hydrogens (tertiary/aromatic N) is 2. The van der Waals surface area contributed by atoms with Crippen molar-refractivity contribution < 1.29 is 18.8 Å². The average Bonchev–Trinajstić information content (AvgIpc) is 3.03. The number of benzene rings is 1. The van der Waals surface area contributed by atoms with Crippen molar-refractivity contribution in [3.05, 3.63) is 46.8 Å². The van der Waals surface area contributed by atoms with Gasteiger partial charge in [-0.1, -0.05) is 5.16 Å². The fourth-order valence-corrected chi connectivity index (χ4v) is 3.66. The van der Waals surface area contributed by atoms with E-state index in [2.05, 4.69) is 5.16 Å². The number of rotatable bonds is 6. The molecule has 0 saturated carbocycles. The number of ketones is 1. The Balaban J connectivity index is 1.59. The number of piperidine rings is 1. The number of methoxy groups -OCH3 is 1. The van der Waals surface area contributed by atoms with Gasteiger partial charge in [0.1, 0.15) is 11.5 Å². The van der Waals surface area contributed by atoms with E-state index in [1.807, 2.05) is 18.7 Å². The maximum Gasteiger partial charge on any atom is 0.222 e. The largest absolute Gasteiger partial charge is 0.497 e. The molecule has 27 heavy (non-hydrogen) atoms. The summed E-state index contributed by atoms with van der Waals surface area (Å²) in [7, 11) is 1.60. The van der Waals surface area contributed by atoms with Gasteiger partial charge in [0, 0.05) is 36.6 Å². The number of amides is 1. The molecule has 0 radical (unpaired) electrons. The first-order valence-electron chi connectivity index (χ1n) is 9.37. The molecule has 6 heteroatoms. The second-order valence-corrected chi connectivity index (χ2v) is 7.07. The van der Waals surface area contributed by atoms with E-state index in [1.165, 1.54) is 0 Å². The molecule has 0 aliphatic carbocycles. The number of aryl methyl sites for hydroxylation is 2. The Morgan fingerprint density at radius 1 is 1.26 bits per heavy atom. The van der Waals surface area contributed by atoms with Gasteiger partial charge < -0.3 is 14.2 Å². The van der Waals surface area contributed by atoms with Crippen LogP contribution in [-0.4, -0.2) is 41.9 Å². The van der Waals surface area contributed by atoms with Gasteiger partial charge in [0.05, 0.1) is 12.8 Å². The van der Waals surface area contributed by atoms with Gasteiger partial charge in [-0.3, -0.25) is 9.59 Å². The maximum absolute atomic E-state index is 12.8. The molecule has 1 aromatic heterocycles. The molecular formula is C21H26N2O4. The van der Waals surface area contributed by atoms with Gasteiger partial charge in [-0.25, -0.2) is 0 Å². The zero-order valence-corrected chi connectivity index (χ0v) is 16.2. The minimum absolute atomic E-state index is 0.0854. The van der Waals surface area contributed by atoms with Crippen LogP contribution in [0.5, 0.6) is 5.75 Å². The van der Waals surface area contributed by atoms with Crippen molar-refractivity contribution in [3.8, 4) is 5.75 Å². The van der Waals surface area contributed by atoms with Crippen LogP contribution in [0.25, 0.3) is 0 Å². The van der Waals surface area contributed by atoms with Crippen molar-refractivity contribution in [2.24, 2.45) is 5.92 Å². The standard InChI is InChI=1S/C21H26N2O4/c1-14-19(15(2)27-22-14)10-11-20(24)23-12-4-5-17(13-23)21(25)16-6-8-18(26-3)9-7-16/h6-9,17H,4-5,10-13H2,1-3H3. The highest BCUT2D eigenvalue weighted by Gasteiger charge is 2.29. The van der Waals surface area contributed by atoms with Gasteiger partial charge in [0.2, 0.25) is 5.91 Å². The third-order valence-electron chi connectivity index (χ3n) is 5.29. The lowest BCUT2D eigenvalue weighted by Gasteiger charge is -2.32. The summed E-state index contributed by atoms with van der Waals surface area (Å²) >= 11 is 0. The van der Waals surface area contributed by atoms with E-state index >= 15 is 0 Å². The van der Waals surface area contributed by atoms with Gasteiger partial charge >= 0.3 is 0 Å². The van der Waals surface area contributed by atoms with Crippen LogP contribution in [-0.2, 0) is 11.2 Å². The predicted molar refractivity (Wildman–Crippen MR) is 101 cm³/mol. The minimum atomic E-state index is -0.143. The Labute approximate surface area is 159 Å². The molecular weight excluding hydrogens is 344 g/mol. The number of Topliss-reactive ketones (excluding diaryl/α,β-unsaturated/α-hetero) is 1. The summed E-state index contributed by atoms with van der Waals surface area (Å²) in [6, 6.07) is 7.17. The van der Waals surface area contributed by atoms with E-state index in [9.17, 15) is 9.59 Å². The number of hydrogen-bond acceptors (Lipinski definition) is 5. The van der Waals surface area contributed by atoms with E-state index in [0.29, 0.717) is 31.5 Å². The van der Waals surface area contributed by atoms with E-state index < -0.39 is 0 Å². The van der Waals surface area contributed by atoms with Gasteiger partial charge in [-0.2, -0.15) is 0 Å². The highest BCUT2D eigenvalue weighted by Crippen LogP contribution is 2.23. The molecule has 1 saturated heterocycles. The van der Waals surface area contributed by atoms with Crippen LogP contribution in [0.15, 0.2) is 28.8 Å². The molecule has 144 valence electrons. The molecule has 1 fully saturated rings. The fourth-order valence-electron chi connectivity index (χ4n) is 3.66. The first kappa shape index (κ1) is 19.1. The van der Waals surface area contributed by atoms with Crippen LogP contribution in [0.2, 0.25) is 0 Å². The second kappa shape index (κ2) is 8.37. The van der Waals surface area contributed by atoms with Crippen LogP contribution >= 0.6 is 0 Å². The molecule has 1 aliphatic rings. The Morgan fingerprint density at radius 3 is 2.63 bits per heavy atom. The molecule has 1 aromatic carbocycles. The predicted octanol–water partition coefficient (Wildman–Crippen LogP) is 3.35. The molecule has 0 N–H and O–H groups in total. The van der Waals surface area contributed by atoms with Crippen molar-refractivity contribution in [1.82, 2.24) is 10.1 Å². The lowest BCUT2D eigenvalue weighted by molar-refractivity contribution is -0.132. The van der Waals surface area contributed by atoms with Crippen molar-refractivity contribution in [3.63, 3.8) is 0 Å². The third kappa shape index (κ3) is 4.38. The van der Waals surface area contributed by atoms with E-state index in [-0.39, 0.29) is 17.6 Å². The summed E-state index contributed by atoms with van der Waals surface area (Å²) in [4.78, 5) is 27.3. The summed E-state index contributed by atoms with van der Waals surface area (Å²) in [5.74, 6) is 1.54. The smallest absolute Gasteiger partial charge is 0.222 e. The molecule has 1 unspecified atom stereocenters. The maximum atomic E-state index is 12.8. The molecule has 6 nitrogen and oxygen atoms in total. The molecule has 1 amide bonds. The highest BCUT2D eigenvalue weighted by atomic mass is 16.5. The van der Waals surface area contributed by atoms with Crippen LogP contribution in [0, 0.1) is 19.8 Å². The zero-order chi connectivity index (χ0) is 19.4. The minimum Gasteiger partial charge on any atom is -0.497 e. The van der Waals surface area contributed by atoms with Crippen LogP contribution in [0.1, 0.15) is 46.6 Å². The Morgan fingerprint density at radius 2 is 2.00 bits per heavy atom.